The molecular weight excluding hydrogens is 279 g/mol. The molecule has 2 aromatic rings. The average Bonchev–Trinajstić information content (AvgIpc) is 2.77. The summed E-state index contributed by atoms with van der Waals surface area (Å²) in [5, 5.41) is 5.23. The Bertz CT molecular complexity index is 532. The van der Waals surface area contributed by atoms with Gasteiger partial charge in [-0.3, -0.25) is 4.68 Å². The fourth-order valence-corrected chi connectivity index (χ4v) is 2.70. The monoisotopic (exact) mass is 296 g/mol. The second-order valence-electron chi connectivity index (χ2n) is 4.70. The molecule has 2 nitrogen and oxygen atoms in total. The summed E-state index contributed by atoms with van der Waals surface area (Å²) in [5.74, 6) is 0.885. The average molecular weight is 297 g/mol. The van der Waals surface area contributed by atoms with E-state index in [1.807, 2.05) is 23.7 Å². The van der Waals surface area contributed by atoms with E-state index >= 15 is 0 Å². The van der Waals surface area contributed by atoms with Crippen molar-refractivity contribution >= 4 is 23.2 Å². The minimum atomic E-state index is 0.292. The van der Waals surface area contributed by atoms with Crippen LogP contribution < -0.4 is 0 Å². The SMILES string of the molecule is CCn1nc(C)cc1CC(CCl)c1ccc(Cl)cc1. The molecule has 2 rings (SSSR count). The lowest BCUT2D eigenvalue weighted by Crippen LogP contribution is -2.10. The molecule has 0 amide bonds. The second kappa shape index (κ2) is 6.44. The summed E-state index contributed by atoms with van der Waals surface area (Å²) in [6, 6.07) is 10.1. The Labute approximate surface area is 124 Å². The fourth-order valence-electron chi connectivity index (χ4n) is 2.29. The van der Waals surface area contributed by atoms with E-state index in [2.05, 4.69) is 30.2 Å². The molecule has 0 radical (unpaired) electrons. The lowest BCUT2D eigenvalue weighted by molar-refractivity contribution is 0.595. The van der Waals surface area contributed by atoms with Crippen LogP contribution in [0.1, 0.15) is 29.8 Å². The highest BCUT2D eigenvalue weighted by atomic mass is 35.5. The van der Waals surface area contributed by atoms with E-state index in [-0.39, 0.29) is 0 Å². The number of rotatable bonds is 5. The molecule has 0 aliphatic rings. The van der Waals surface area contributed by atoms with Gasteiger partial charge in [0, 0.05) is 29.1 Å². The topological polar surface area (TPSA) is 17.8 Å². The maximum Gasteiger partial charge on any atom is 0.0596 e. The summed E-state index contributed by atoms with van der Waals surface area (Å²) in [7, 11) is 0. The van der Waals surface area contributed by atoms with Crippen LogP contribution in [-0.4, -0.2) is 15.7 Å². The van der Waals surface area contributed by atoms with Crippen molar-refractivity contribution in [1.82, 2.24) is 9.78 Å². The largest absolute Gasteiger partial charge is 0.270 e. The van der Waals surface area contributed by atoms with Crippen molar-refractivity contribution in [3.63, 3.8) is 0 Å². The predicted octanol–water partition coefficient (Wildman–Crippen LogP) is 4.43. The van der Waals surface area contributed by atoms with Crippen molar-refractivity contribution in [2.24, 2.45) is 0 Å². The van der Waals surface area contributed by atoms with Gasteiger partial charge < -0.3 is 0 Å². The molecule has 0 fully saturated rings. The van der Waals surface area contributed by atoms with Gasteiger partial charge in [-0.2, -0.15) is 5.10 Å². The number of halogens is 2. The number of alkyl halides is 1. The van der Waals surface area contributed by atoms with Gasteiger partial charge in [0.1, 0.15) is 0 Å². The molecular formula is C15H18Cl2N2. The Morgan fingerprint density at radius 3 is 2.53 bits per heavy atom. The molecule has 1 aromatic carbocycles. The van der Waals surface area contributed by atoms with E-state index in [9.17, 15) is 0 Å². The van der Waals surface area contributed by atoms with Crippen molar-refractivity contribution in [3.8, 4) is 0 Å². The number of aromatic nitrogens is 2. The highest BCUT2D eigenvalue weighted by Gasteiger charge is 2.14. The van der Waals surface area contributed by atoms with Gasteiger partial charge in [-0.25, -0.2) is 0 Å². The van der Waals surface area contributed by atoms with Crippen molar-refractivity contribution in [2.45, 2.75) is 32.7 Å². The van der Waals surface area contributed by atoms with Crippen molar-refractivity contribution in [2.75, 3.05) is 5.88 Å². The summed E-state index contributed by atoms with van der Waals surface area (Å²) in [4.78, 5) is 0. The lowest BCUT2D eigenvalue weighted by atomic mass is 9.96. The van der Waals surface area contributed by atoms with E-state index in [1.54, 1.807) is 0 Å². The third-order valence-electron chi connectivity index (χ3n) is 3.27. The Morgan fingerprint density at radius 2 is 1.95 bits per heavy atom. The molecule has 102 valence electrons. The van der Waals surface area contributed by atoms with Gasteiger partial charge in [-0.05, 0) is 44.0 Å². The number of hydrogen-bond acceptors (Lipinski definition) is 1. The van der Waals surface area contributed by atoms with Gasteiger partial charge in [0.05, 0.1) is 5.69 Å². The zero-order valence-corrected chi connectivity index (χ0v) is 12.7. The Kier molecular flexibility index (Phi) is 4.89. The van der Waals surface area contributed by atoms with Gasteiger partial charge in [-0.1, -0.05) is 23.7 Å². The normalized spacial score (nSPS) is 12.6. The lowest BCUT2D eigenvalue weighted by Gasteiger charge is -2.15. The van der Waals surface area contributed by atoms with Gasteiger partial charge in [0.25, 0.3) is 0 Å². The van der Waals surface area contributed by atoms with E-state index < -0.39 is 0 Å². The Morgan fingerprint density at radius 1 is 1.26 bits per heavy atom. The van der Waals surface area contributed by atoms with Crippen LogP contribution in [0.2, 0.25) is 5.02 Å². The van der Waals surface area contributed by atoms with Crippen molar-refractivity contribution in [1.29, 1.82) is 0 Å². The van der Waals surface area contributed by atoms with Crippen LogP contribution in [0.15, 0.2) is 30.3 Å². The van der Waals surface area contributed by atoms with Crippen molar-refractivity contribution in [3.05, 3.63) is 52.3 Å². The first-order chi connectivity index (χ1) is 9.13. The molecule has 0 aliphatic carbocycles. The molecule has 1 aromatic heterocycles. The van der Waals surface area contributed by atoms with Gasteiger partial charge in [-0.15, -0.1) is 11.6 Å². The fraction of sp³-hybridized carbons (Fsp3) is 0.400. The quantitative estimate of drug-likeness (QED) is 0.746. The summed E-state index contributed by atoms with van der Waals surface area (Å²) >= 11 is 12.1. The summed E-state index contributed by atoms with van der Waals surface area (Å²) in [5.41, 5.74) is 3.52. The standard InChI is InChI=1S/C15H18Cl2N2/c1-3-19-15(8-11(2)18-19)9-13(10-16)12-4-6-14(17)7-5-12/h4-8,13H,3,9-10H2,1-2H3. The third kappa shape index (κ3) is 3.52. The molecule has 0 saturated heterocycles. The Balaban J connectivity index is 2.21. The highest BCUT2D eigenvalue weighted by Crippen LogP contribution is 2.24. The van der Waals surface area contributed by atoms with Gasteiger partial charge in [0.2, 0.25) is 0 Å². The number of aryl methyl sites for hydroxylation is 2. The number of nitrogens with zero attached hydrogens (tertiary/aromatic N) is 2. The Hall–Kier alpha value is -0.990. The minimum absolute atomic E-state index is 0.292. The highest BCUT2D eigenvalue weighted by molar-refractivity contribution is 6.30. The molecule has 1 heterocycles. The molecule has 0 bridgehead atoms. The predicted molar refractivity (Wildman–Crippen MR) is 81.3 cm³/mol. The van der Waals surface area contributed by atoms with Gasteiger partial charge in [0.15, 0.2) is 0 Å². The van der Waals surface area contributed by atoms with E-state index in [1.165, 1.54) is 11.3 Å². The summed E-state index contributed by atoms with van der Waals surface area (Å²) < 4.78 is 2.05. The first-order valence-electron chi connectivity index (χ1n) is 6.48. The second-order valence-corrected chi connectivity index (χ2v) is 5.44. The minimum Gasteiger partial charge on any atom is -0.270 e. The van der Waals surface area contributed by atoms with Crippen LogP contribution in [0, 0.1) is 6.92 Å². The molecule has 19 heavy (non-hydrogen) atoms. The number of benzene rings is 1. The van der Waals surface area contributed by atoms with E-state index in [4.69, 9.17) is 23.2 Å². The molecule has 0 aliphatic heterocycles. The van der Waals surface area contributed by atoms with Crippen LogP contribution in [-0.2, 0) is 13.0 Å². The van der Waals surface area contributed by atoms with Crippen LogP contribution >= 0.6 is 23.2 Å². The molecule has 0 saturated carbocycles. The van der Waals surface area contributed by atoms with Crippen LogP contribution in [0.5, 0.6) is 0 Å². The van der Waals surface area contributed by atoms with Gasteiger partial charge >= 0.3 is 0 Å². The maximum absolute atomic E-state index is 6.13. The third-order valence-corrected chi connectivity index (χ3v) is 3.89. The maximum atomic E-state index is 6.13. The molecule has 0 N–H and O–H groups in total. The van der Waals surface area contributed by atoms with Crippen molar-refractivity contribution < 1.29 is 0 Å². The number of hydrogen-bond donors (Lipinski definition) is 0. The first-order valence-corrected chi connectivity index (χ1v) is 7.40. The summed E-state index contributed by atoms with van der Waals surface area (Å²) in [6.07, 6.45) is 0.903. The zero-order valence-electron chi connectivity index (χ0n) is 11.2. The molecule has 4 heteroatoms. The van der Waals surface area contributed by atoms with Crippen LogP contribution in [0.25, 0.3) is 0 Å². The van der Waals surface area contributed by atoms with Crippen LogP contribution in [0.3, 0.4) is 0 Å². The molecule has 1 atom stereocenters. The smallest absolute Gasteiger partial charge is 0.0596 e. The first kappa shape index (κ1) is 14.4. The molecule has 1 unspecified atom stereocenters. The zero-order chi connectivity index (χ0) is 13.8. The van der Waals surface area contributed by atoms with E-state index in [0.717, 1.165) is 23.7 Å². The van der Waals surface area contributed by atoms with E-state index in [0.29, 0.717) is 11.8 Å². The molecule has 0 spiro atoms. The summed E-state index contributed by atoms with van der Waals surface area (Å²) in [6.45, 7) is 5.01. The van der Waals surface area contributed by atoms with Crippen LogP contribution in [0.4, 0.5) is 0 Å².